The lowest BCUT2D eigenvalue weighted by atomic mass is 10.0. The Morgan fingerprint density at radius 3 is 1.83 bits per heavy atom. The topological polar surface area (TPSA) is 58.9 Å². The van der Waals surface area contributed by atoms with E-state index < -0.39 is 8.32 Å². The standard InChI is InChI=1S/C24H32O4Si/c1-7-18-12-21(14-25)23(22(13-18)15-26)27-16-19-8-10-20(11-9-19)17-28-29(5,6)24(2,3)4/h1,8-13,25-26H,14-17H2,2-6H3. The molecule has 2 rings (SSSR count). The molecule has 2 aromatic carbocycles. The van der Waals surface area contributed by atoms with Crippen LogP contribution in [-0.4, -0.2) is 18.5 Å². The number of rotatable bonds is 8. The molecule has 0 unspecified atom stereocenters. The van der Waals surface area contributed by atoms with Crippen molar-refractivity contribution >= 4 is 8.32 Å². The van der Waals surface area contributed by atoms with Gasteiger partial charge in [-0.3, -0.25) is 0 Å². The van der Waals surface area contributed by atoms with Gasteiger partial charge in [0.25, 0.3) is 0 Å². The monoisotopic (exact) mass is 412 g/mol. The largest absolute Gasteiger partial charge is 0.488 e. The molecular weight excluding hydrogens is 380 g/mol. The van der Waals surface area contributed by atoms with E-state index in [1.165, 1.54) is 0 Å². The minimum absolute atomic E-state index is 0.185. The van der Waals surface area contributed by atoms with Gasteiger partial charge in [0.1, 0.15) is 12.4 Å². The number of aliphatic hydroxyl groups excluding tert-OH is 2. The third kappa shape index (κ3) is 5.94. The zero-order valence-electron chi connectivity index (χ0n) is 18.1. The van der Waals surface area contributed by atoms with Crippen molar-refractivity contribution in [2.24, 2.45) is 0 Å². The average molecular weight is 413 g/mol. The SMILES string of the molecule is C#Cc1cc(CO)c(OCc2ccc(CO[Si](C)(C)C(C)(C)C)cc2)c(CO)c1. The van der Waals surface area contributed by atoms with Crippen LogP contribution in [0.2, 0.25) is 18.1 Å². The lowest BCUT2D eigenvalue weighted by molar-refractivity contribution is 0.242. The Morgan fingerprint density at radius 2 is 1.41 bits per heavy atom. The van der Waals surface area contributed by atoms with Gasteiger partial charge < -0.3 is 19.4 Å². The molecule has 2 aromatic rings. The van der Waals surface area contributed by atoms with Crippen molar-refractivity contribution in [3.63, 3.8) is 0 Å². The molecule has 0 spiro atoms. The Balaban J connectivity index is 2.05. The molecule has 0 bridgehead atoms. The molecular formula is C24H32O4Si. The molecule has 0 heterocycles. The summed E-state index contributed by atoms with van der Waals surface area (Å²) in [5, 5.41) is 19.5. The van der Waals surface area contributed by atoms with Crippen LogP contribution in [0, 0.1) is 12.3 Å². The number of ether oxygens (including phenoxy) is 1. The molecule has 0 atom stereocenters. The summed E-state index contributed by atoms with van der Waals surface area (Å²) in [4.78, 5) is 0. The zero-order chi connectivity index (χ0) is 21.7. The molecule has 0 aliphatic carbocycles. The second-order valence-electron chi connectivity index (χ2n) is 8.74. The van der Waals surface area contributed by atoms with E-state index in [1.807, 2.05) is 24.3 Å². The van der Waals surface area contributed by atoms with Gasteiger partial charge in [0, 0.05) is 16.7 Å². The third-order valence-electron chi connectivity index (χ3n) is 5.56. The fraction of sp³-hybridized carbons (Fsp3) is 0.417. The van der Waals surface area contributed by atoms with Crippen LogP contribution in [0.4, 0.5) is 0 Å². The summed E-state index contributed by atoms with van der Waals surface area (Å²) < 4.78 is 12.2. The number of hydrogen-bond acceptors (Lipinski definition) is 4. The molecule has 0 fully saturated rings. The van der Waals surface area contributed by atoms with E-state index in [1.54, 1.807) is 12.1 Å². The lowest BCUT2D eigenvalue weighted by Gasteiger charge is -2.36. The first-order valence-electron chi connectivity index (χ1n) is 9.80. The summed E-state index contributed by atoms with van der Waals surface area (Å²) in [5.74, 6) is 3.01. The number of terminal acetylenes is 1. The summed E-state index contributed by atoms with van der Waals surface area (Å²) in [7, 11) is -1.78. The Labute approximate surface area is 175 Å². The van der Waals surface area contributed by atoms with Crippen molar-refractivity contribution in [3.8, 4) is 18.1 Å². The fourth-order valence-corrected chi connectivity index (χ4v) is 3.59. The minimum Gasteiger partial charge on any atom is -0.488 e. The number of hydrogen-bond donors (Lipinski definition) is 2. The first kappa shape index (κ1) is 23.2. The first-order chi connectivity index (χ1) is 13.6. The van der Waals surface area contributed by atoms with Crippen molar-refractivity contribution in [3.05, 3.63) is 64.2 Å². The highest BCUT2D eigenvalue weighted by Crippen LogP contribution is 2.37. The lowest BCUT2D eigenvalue weighted by Crippen LogP contribution is -2.40. The third-order valence-corrected chi connectivity index (χ3v) is 10.0. The smallest absolute Gasteiger partial charge is 0.192 e. The van der Waals surface area contributed by atoms with E-state index in [9.17, 15) is 10.2 Å². The van der Waals surface area contributed by atoms with E-state index in [0.29, 0.717) is 35.7 Å². The highest BCUT2D eigenvalue weighted by atomic mass is 28.4. The van der Waals surface area contributed by atoms with Crippen LogP contribution >= 0.6 is 0 Å². The summed E-state index contributed by atoms with van der Waals surface area (Å²) in [6.07, 6.45) is 5.44. The summed E-state index contributed by atoms with van der Waals surface area (Å²) in [6.45, 7) is 11.7. The van der Waals surface area contributed by atoms with E-state index in [2.05, 4.69) is 39.8 Å². The molecule has 4 nitrogen and oxygen atoms in total. The van der Waals surface area contributed by atoms with Crippen LogP contribution in [-0.2, 0) is 30.9 Å². The highest BCUT2D eigenvalue weighted by Gasteiger charge is 2.36. The molecule has 29 heavy (non-hydrogen) atoms. The molecule has 0 aromatic heterocycles. The van der Waals surface area contributed by atoms with E-state index in [4.69, 9.17) is 15.6 Å². The van der Waals surface area contributed by atoms with Gasteiger partial charge in [0.2, 0.25) is 0 Å². The van der Waals surface area contributed by atoms with Crippen LogP contribution in [0.25, 0.3) is 0 Å². The van der Waals surface area contributed by atoms with E-state index >= 15 is 0 Å². The van der Waals surface area contributed by atoms with Gasteiger partial charge in [-0.2, -0.15) is 0 Å². The van der Waals surface area contributed by atoms with Crippen molar-refractivity contribution in [1.29, 1.82) is 0 Å². The molecule has 0 saturated carbocycles. The first-order valence-corrected chi connectivity index (χ1v) is 12.7. The number of aliphatic hydroxyl groups is 2. The molecule has 0 saturated heterocycles. The van der Waals surface area contributed by atoms with Gasteiger partial charge in [-0.15, -0.1) is 6.42 Å². The molecule has 0 amide bonds. The van der Waals surface area contributed by atoms with Gasteiger partial charge in [-0.05, 0) is 41.4 Å². The van der Waals surface area contributed by atoms with Crippen LogP contribution in [0.3, 0.4) is 0 Å². The van der Waals surface area contributed by atoms with Crippen molar-refractivity contribution in [2.45, 2.75) is 65.3 Å². The van der Waals surface area contributed by atoms with Crippen molar-refractivity contribution in [1.82, 2.24) is 0 Å². The molecule has 0 aliphatic rings. The Bertz CT molecular complexity index is 833. The maximum absolute atomic E-state index is 9.63. The summed E-state index contributed by atoms with van der Waals surface area (Å²) in [5.41, 5.74) is 3.88. The summed E-state index contributed by atoms with van der Waals surface area (Å²) >= 11 is 0. The predicted molar refractivity (Wildman–Crippen MR) is 119 cm³/mol. The van der Waals surface area contributed by atoms with Crippen LogP contribution < -0.4 is 4.74 Å². The Kier molecular flexibility index (Phi) is 7.67. The molecule has 156 valence electrons. The van der Waals surface area contributed by atoms with Crippen LogP contribution in [0.1, 0.15) is 48.6 Å². The van der Waals surface area contributed by atoms with Gasteiger partial charge in [0.15, 0.2) is 8.32 Å². The van der Waals surface area contributed by atoms with Crippen molar-refractivity contribution in [2.75, 3.05) is 0 Å². The Morgan fingerprint density at radius 1 is 0.931 bits per heavy atom. The van der Waals surface area contributed by atoms with Gasteiger partial charge in [-0.1, -0.05) is 51.0 Å². The second kappa shape index (κ2) is 9.60. The van der Waals surface area contributed by atoms with E-state index in [0.717, 1.165) is 11.1 Å². The van der Waals surface area contributed by atoms with E-state index in [-0.39, 0.29) is 18.3 Å². The number of benzene rings is 2. The fourth-order valence-electron chi connectivity index (χ4n) is 2.63. The van der Waals surface area contributed by atoms with Crippen molar-refractivity contribution < 1.29 is 19.4 Å². The normalized spacial score (nSPS) is 11.9. The molecule has 0 aliphatic heterocycles. The van der Waals surface area contributed by atoms with Gasteiger partial charge in [-0.25, -0.2) is 0 Å². The second-order valence-corrected chi connectivity index (χ2v) is 13.5. The van der Waals surface area contributed by atoms with Gasteiger partial charge >= 0.3 is 0 Å². The predicted octanol–water partition coefficient (Wildman–Crippen LogP) is 4.75. The maximum Gasteiger partial charge on any atom is 0.192 e. The Hall–Kier alpha value is -2.10. The van der Waals surface area contributed by atoms with Gasteiger partial charge in [0.05, 0.1) is 19.8 Å². The molecule has 5 heteroatoms. The highest BCUT2D eigenvalue weighted by molar-refractivity contribution is 6.74. The minimum atomic E-state index is -1.78. The molecule has 2 N–H and O–H groups in total. The maximum atomic E-state index is 9.63. The zero-order valence-corrected chi connectivity index (χ0v) is 19.1. The quantitative estimate of drug-likeness (QED) is 0.485. The van der Waals surface area contributed by atoms with Crippen LogP contribution in [0.15, 0.2) is 36.4 Å². The van der Waals surface area contributed by atoms with Crippen LogP contribution in [0.5, 0.6) is 5.75 Å². The molecule has 0 radical (unpaired) electrons. The summed E-state index contributed by atoms with van der Waals surface area (Å²) in [6, 6.07) is 11.5. The average Bonchev–Trinajstić information content (AvgIpc) is 2.70.